The quantitative estimate of drug-likeness (QED) is 0.560. The van der Waals surface area contributed by atoms with Crippen LogP contribution in [0.3, 0.4) is 0 Å². The Balaban J connectivity index is 4.68. The van der Waals surface area contributed by atoms with E-state index in [1.807, 2.05) is 13.8 Å². The molecule has 0 saturated heterocycles. The van der Waals surface area contributed by atoms with Gasteiger partial charge >= 0.3 is 11.9 Å². The second-order valence-electron chi connectivity index (χ2n) is 5.71. The van der Waals surface area contributed by atoms with Crippen LogP contribution >= 0.6 is 0 Å². The molecule has 0 aliphatic heterocycles. The van der Waals surface area contributed by atoms with Gasteiger partial charge in [0.05, 0.1) is 0 Å². The largest absolute Gasteiger partial charge is 0.481 e. The number of hydrogen-bond donors (Lipinski definition) is 2. The molecule has 0 spiro atoms. The van der Waals surface area contributed by atoms with Crippen LogP contribution in [0.5, 0.6) is 0 Å². The van der Waals surface area contributed by atoms with Crippen molar-refractivity contribution in [3.63, 3.8) is 0 Å². The molecule has 0 saturated carbocycles. The van der Waals surface area contributed by atoms with Crippen molar-refractivity contribution >= 4 is 11.9 Å². The summed E-state index contributed by atoms with van der Waals surface area (Å²) in [6, 6.07) is -0.316. The lowest BCUT2D eigenvalue weighted by Gasteiger charge is -2.25. The zero-order chi connectivity index (χ0) is 14.5. The molecule has 0 bridgehead atoms. The first-order valence-corrected chi connectivity index (χ1v) is 6.29. The minimum Gasteiger partial charge on any atom is -0.481 e. The first-order valence-electron chi connectivity index (χ1n) is 6.29. The topological polar surface area (TPSA) is 89.6 Å². The minimum atomic E-state index is -1.19. The highest BCUT2D eigenvalue weighted by Gasteiger charge is 2.33. The van der Waals surface area contributed by atoms with E-state index in [-0.39, 0.29) is 18.4 Å². The van der Waals surface area contributed by atoms with E-state index in [0.717, 1.165) is 6.42 Å². The van der Waals surface area contributed by atoms with Crippen LogP contribution in [0.25, 0.3) is 0 Å². The molecule has 106 valence electrons. The molecular weight excluding hydrogens is 234 g/mol. The monoisotopic (exact) mass is 259 g/mol. The Kier molecular flexibility index (Phi) is 6.32. The van der Waals surface area contributed by atoms with Gasteiger partial charge in [-0.3, -0.25) is 9.59 Å². The fraction of sp³-hybridized carbons (Fsp3) is 0.846. The third kappa shape index (κ3) is 6.00. The number of carboxylic acid groups (broad SMARTS) is 1. The molecule has 3 atom stereocenters. The van der Waals surface area contributed by atoms with E-state index in [1.54, 1.807) is 20.8 Å². The van der Waals surface area contributed by atoms with Gasteiger partial charge in [-0.25, -0.2) is 0 Å². The zero-order valence-corrected chi connectivity index (χ0v) is 11.9. The smallest absolute Gasteiger partial charge is 0.320 e. The molecule has 0 aromatic rings. The molecule has 0 radical (unpaired) electrons. The average molecular weight is 259 g/mol. The van der Waals surface area contributed by atoms with E-state index >= 15 is 0 Å². The number of carbonyl (C=O) groups excluding carboxylic acids is 1. The van der Waals surface area contributed by atoms with Gasteiger partial charge in [0.2, 0.25) is 0 Å². The van der Waals surface area contributed by atoms with Crippen molar-refractivity contribution in [2.24, 2.45) is 17.6 Å². The highest BCUT2D eigenvalue weighted by atomic mass is 16.6. The second kappa shape index (κ2) is 6.73. The maximum Gasteiger partial charge on any atom is 0.320 e. The molecule has 1 unspecified atom stereocenters. The van der Waals surface area contributed by atoms with Gasteiger partial charge < -0.3 is 15.6 Å². The van der Waals surface area contributed by atoms with Crippen LogP contribution in [-0.4, -0.2) is 28.7 Å². The SMILES string of the molecule is CC[C@H](C)[C@H](N)CC(C(=O)O)C(=O)OC(C)(C)C. The summed E-state index contributed by atoms with van der Waals surface area (Å²) in [5.41, 5.74) is 5.21. The first-order chi connectivity index (χ1) is 8.08. The number of ether oxygens (including phenoxy) is 1. The van der Waals surface area contributed by atoms with Crippen molar-refractivity contribution in [3.8, 4) is 0 Å². The Bertz CT molecular complexity index is 296. The molecule has 0 aliphatic rings. The molecular formula is C13H25NO4. The lowest BCUT2D eigenvalue weighted by atomic mass is 9.90. The average Bonchev–Trinajstić information content (AvgIpc) is 2.21. The lowest BCUT2D eigenvalue weighted by molar-refractivity contribution is -0.167. The maximum absolute atomic E-state index is 11.8. The summed E-state index contributed by atoms with van der Waals surface area (Å²) in [4.78, 5) is 22.9. The van der Waals surface area contributed by atoms with E-state index in [4.69, 9.17) is 15.6 Å². The van der Waals surface area contributed by atoms with Crippen LogP contribution in [0.4, 0.5) is 0 Å². The third-order valence-electron chi connectivity index (χ3n) is 2.87. The number of rotatable bonds is 6. The van der Waals surface area contributed by atoms with Gasteiger partial charge in [-0.1, -0.05) is 20.3 Å². The van der Waals surface area contributed by atoms with Crippen LogP contribution < -0.4 is 5.73 Å². The molecule has 0 aromatic carbocycles. The summed E-state index contributed by atoms with van der Waals surface area (Å²) < 4.78 is 5.10. The number of carboxylic acids is 1. The van der Waals surface area contributed by atoms with Crippen molar-refractivity contribution in [1.82, 2.24) is 0 Å². The fourth-order valence-corrected chi connectivity index (χ4v) is 1.48. The van der Waals surface area contributed by atoms with Gasteiger partial charge in [-0.15, -0.1) is 0 Å². The van der Waals surface area contributed by atoms with E-state index in [1.165, 1.54) is 0 Å². The maximum atomic E-state index is 11.8. The van der Waals surface area contributed by atoms with Crippen LogP contribution in [0.2, 0.25) is 0 Å². The molecule has 3 N–H and O–H groups in total. The zero-order valence-electron chi connectivity index (χ0n) is 11.9. The number of carbonyl (C=O) groups is 2. The summed E-state index contributed by atoms with van der Waals surface area (Å²) in [7, 11) is 0. The summed E-state index contributed by atoms with van der Waals surface area (Å²) in [5.74, 6) is -2.90. The molecule has 5 heteroatoms. The normalized spacial score (nSPS) is 16.8. The van der Waals surface area contributed by atoms with Crippen molar-refractivity contribution in [1.29, 1.82) is 0 Å². The van der Waals surface area contributed by atoms with Crippen LogP contribution in [0.15, 0.2) is 0 Å². The Morgan fingerprint density at radius 2 is 1.83 bits per heavy atom. The van der Waals surface area contributed by atoms with Gasteiger partial charge in [0.15, 0.2) is 5.92 Å². The number of esters is 1. The summed E-state index contributed by atoms with van der Waals surface area (Å²) in [5, 5.41) is 9.09. The van der Waals surface area contributed by atoms with Crippen LogP contribution in [0, 0.1) is 11.8 Å². The molecule has 0 aromatic heterocycles. The molecule has 5 nitrogen and oxygen atoms in total. The summed E-state index contributed by atoms with van der Waals surface area (Å²) >= 11 is 0. The molecule has 18 heavy (non-hydrogen) atoms. The van der Waals surface area contributed by atoms with Crippen LogP contribution in [-0.2, 0) is 14.3 Å². The fourth-order valence-electron chi connectivity index (χ4n) is 1.48. The van der Waals surface area contributed by atoms with Crippen LogP contribution in [0.1, 0.15) is 47.5 Å². The Labute approximate surface area is 109 Å². The van der Waals surface area contributed by atoms with Gasteiger partial charge in [0, 0.05) is 6.04 Å². The molecule has 0 heterocycles. The van der Waals surface area contributed by atoms with E-state index in [2.05, 4.69) is 0 Å². The Morgan fingerprint density at radius 3 is 2.17 bits per heavy atom. The molecule has 0 amide bonds. The molecule has 0 aliphatic carbocycles. The Morgan fingerprint density at radius 1 is 1.33 bits per heavy atom. The van der Waals surface area contributed by atoms with Crippen molar-refractivity contribution in [2.75, 3.05) is 0 Å². The van der Waals surface area contributed by atoms with E-state index < -0.39 is 23.5 Å². The third-order valence-corrected chi connectivity index (χ3v) is 2.87. The summed E-state index contributed by atoms with van der Waals surface area (Å²) in [6.45, 7) is 9.04. The summed E-state index contributed by atoms with van der Waals surface area (Å²) in [6.07, 6.45) is 0.959. The van der Waals surface area contributed by atoms with Crippen molar-refractivity contribution in [2.45, 2.75) is 59.1 Å². The highest BCUT2D eigenvalue weighted by molar-refractivity contribution is 5.94. The van der Waals surface area contributed by atoms with Crippen molar-refractivity contribution in [3.05, 3.63) is 0 Å². The number of aliphatic carboxylic acids is 1. The van der Waals surface area contributed by atoms with Gasteiger partial charge in [0.1, 0.15) is 5.60 Å². The first kappa shape index (κ1) is 16.9. The minimum absolute atomic E-state index is 0.110. The molecule has 0 rings (SSSR count). The lowest BCUT2D eigenvalue weighted by Crippen LogP contribution is -2.39. The van der Waals surface area contributed by atoms with E-state index in [9.17, 15) is 9.59 Å². The predicted octanol–water partition coefficient (Wildman–Crippen LogP) is 1.79. The standard InChI is InChI=1S/C13H25NO4/c1-6-8(2)10(14)7-9(11(15)16)12(17)18-13(3,4)5/h8-10H,6-7,14H2,1-5H3,(H,15,16)/t8-,9?,10+/m0/s1. The molecule has 0 fully saturated rings. The predicted molar refractivity (Wildman–Crippen MR) is 69.0 cm³/mol. The van der Waals surface area contributed by atoms with Gasteiger partial charge in [-0.05, 0) is 33.1 Å². The van der Waals surface area contributed by atoms with Crippen molar-refractivity contribution < 1.29 is 19.4 Å². The highest BCUT2D eigenvalue weighted by Crippen LogP contribution is 2.19. The number of hydrogen-bond acceptors (Lipinski definition) is 4. The number of nitrogens with two attached hydrogens (primary N) is 1. The second-order valence-corrected chi connectivity index (χ2v) is 5.71. The van der Waals surface area contributed by atoms with Gasteiger partial charge in [-0.2, -0.15) is 0 Å². The van der Waals surface area contributed by atoms with E-state index in [0.29, 0.717) is 0 Å². The van der Waals surface area contributed by atoms with Gasteiger partial charge in [0.25, 0.3) is 0 Å². The Hall–Kier alpha value is -1.10.